The van der Waals surface area contributed by atoms with Crippen LogP contribution in [0.3, 0.4) is 0 Å². The van der Waals surface area contributed by atoms with E-state index in [9.17, 15) is 14.0 Å². The van der Waals surface area contributed by atoms with E-state index in [0.717, 1.165) is 5.56 Å². The second kappa shape index (κ2) is 5.71. The summed E-state index contributed by atoms with van der Waals surface area (Å²) in [5, 5.41) is 2.80. The van der Waals surface area contributed by atoms with Crippen molar-refractivity contribution in [3.05, 3.63) is 35.6 Å². The molecular formula is C15H19FN2O2. The van der Waals surface area contributed by atoms with Crippen LogP contribution in [0.5, 0.6) is 0 Å². The highest BCUT2D eigenvalue weighted by Crippen LogP contribution is 2.17. The zero-order chi connectivity index (χ0) is 14.8. The van der Waals surface area contributed by atoms with Crippen LogP contribution in [0.25, 0.3) is 0 Å². The van der Waals surface area contributed by atoms with Gasteiger partial charge in [0.2, 0.25) is 5.91 Å². The number of amides is 1. The van der Waals surface area contributed by atoms with Gasteiger partial charge in [-0.25, -0.2) is 4.39 Å². The molecule has 4 nitrogen and oxygen atoms in total. The fourth-order valence-corrected chi connectivity index (χ4v) is 2.32. The van der Waals surface area contributed by atoms with Crippen LogP contribution in [-0.2, 0) is 16.0 Å². The Morgan fingerprint density at radius 1 is 1.35 bits per heavy atom. The highest BCUT2D eigenvalue weighted by molar-refractivity contribution is 5.88. The Morgan fingerprint density at radius 3 is 2.65 bits per heavy atom. The predicted molar refractivity (Wildman–Crippen MR) is 73.8 cm³/mol. The van der Waals surface area contributed by atoms with Crippen LogP contribution in [0.4, 0.5) is 4.39 Å². The third-order valence-electron chi connectivity index (χ3n) is 3.70. The summed E-state index contributed by atoms with van der Waals surface area (Å²) in [5.74, 6) is -0.340. The van der Waals surface area contributed by atoms with E-state index in [0.29, 0.717) is 13.1 Å². The van der Waals surface area contributed by atoms with Crippen molar-refractivity contribution in [3.8, 4) is 0 Å². The van der Waals surface area contributed by atoms with E-state index in [1.165, 1.54) is 12.1 Å². The average Bonchev–Trinajstić information content (AvgIpc) is 2.38. The third kappa shape index (κ3) is 3.22. The van der Waals surface area contributed by atoms with Gasteiger partial charge in [-0.1, -0.05) is 12.1 Å². The Labute approximate surface area is 118 Å². The molecular weight excluding hydrogens is 259 g/mol. The number of ketones is 1. The van der Waals surface area contributed by atoms with Gasteiger partial charge in [-0.2, -0.15) is 0 Å². The van der Waals surface area contributed by atoms with Crippen LogP contribution in [0.2, 0.25) is 0 Å². The Hall–Kier alpha value is -1.75. The molecule has 108 valence electrons. The lowest BCUT2D eigenvalue weighted by molar-refractivity contribution is -0.136. The molecule has 0 bridgehead atoms. The molecule has 0 radical (unpaired) electrons. The number of piperazine rings is 1. The van der Waals surface area contributed by atoms with Crippen LogP contribution in [-0.4, -0.2) is 41.8 Å². The maximum Gasteiger partial charge on any atom is 0.240 e. The minimum atomic E-state index is -0.670. The Morgan fingerprint density at radius 2 is 2.00 bits per heavy atom. The molecule has 0 aromatic heterocycles. The van der Waals surface area contributed by atoms with Crippen LogP contribution in [0.1, 0.15) is 19.4 Å². The summed E-state index contributed by atoms with van der Waals surface area (Å²) >= 11 is 0. The molecule has 0 atom stereocenters. The summed E-state index contributed by atoms with van der Waals surface area (Å²) in [6.07, 6.45) is 0.258. The quantitative estimate of drug-likeness (QED) is 0.899. The van der Waals surface area contributed by atoms with Gasteiger partial charge in [0.1, 0.15) is 5.82 Å². The molecule has 1 aromatic rings. The van der Waals surface area contributed by atoms with E-state index < -0.39 is 5.54 Å². The number of hydrogen-bond donors (Lipinski definition) is 1. The molecule has 1 aliphatic heterocycles. The van der Waals surface area contributed by atoms with Gasteiger partial charge in [-0.3, -0.25) is 14.5 Å². The van der Waals surface area contributed by atoms with E-state index in [1.807, 2.05) is 18.7 Å². The Bertz CT molecular complexity index is 511. The summed E-state index contributed by atoms with van der Waals surface area (Å²) in [6, 6.07) is 5.92. The maximum absolute atomic E-state index is 12.8. The van der Waals surface area contributed by atoms with E-state index in [2.05, 4.69) is 5.32 Å². The minimum Gasteiger partial charge on any atom is -0.353 e. The summed E-state index contributed by atoms with van der Waals surface area (Å²) in [5.41, 5.74) is 0.118. The molecule has 1 heterocycles. The summed E-state index contributed by atoms with van der Waals surface area (Å²) in [7, 11) is 0. The van der Waals surface area contributed by atoms with Gasteiger partial charge in [0.25, 0.3) is 0 Å². The van der Waals surface area contributed by atoms with Crippen molar-refractivity contribution in [2.24, 2.45) is 0 Å². The lowest BCUT2D eigenvalue weighted by Gasteiger charge is -2.40. The van der Waals surface area contributed by atoms with E-state index in [4.69, 9.17) is 0 Å². The molecule has 1 N–H and O–H groups in total. The van der Waals surface area contributed by atoms with Crippen molar-refractivity contribution < 1.29 is 14.0 Å². The Kier molecular flexibility index (Phi) is 4.18. The van der Waals surface area contributed by atoms with Crippen molar-refractivity contribution in [2.45, 2.75) is 25.8 Å². The summed E-state index contributed by atoms with van der Waals surface area (Å²) in [6.45, 7) is 5.08. The zero-order valence-corrected chi connectivity index (χ0v) is 11.8. The molecule has 1 aliphatic rings. The van der Waals surface area contributed by atoms with Gasteiger partial charge in [-0.05, 0) is 31.5 Å². The number of rotatable bonds is 4. The molecule has 20 heavy (non-hydrogen) atoms. The second-order valence-corrected chi connectivity index (χ2v) is 5.58. The number of carbonyl (C=O) groups is 2. The van der Waals surface area contributed by atoms with Crippen LogP contribution in [0, 0.1) is 5.82 Å². The highest BCUT2D eigenvalue weighted by atomic mass is 19.1. The number of Topliss-reactive ketones (excluding diaryl/α,β-unsaturated/α-hetero) is 1. The lowest BCUT2D eigenvalue weighted by Crippen LogP contribution is -2.62. The van der Waals surface area contributed by atoms with Gasteiger partial charge in [0.15, 0.2) is 5.78 Å². The molecule has 0 saturated carbocycles. The first-order valence-corrected chi connectivity index (χ1v) is 6.69. The summed E-state index contributed by atoms with van der Waals surface area (Å²) < 4.78 is 12.8. The van der Waals surface area contributed by atoms with Gasteiger partial charge < -0.3 is 5.32 Å². The first-order valence-electron chi connectivity index (χ1n) is 6.69. The molecule has 1 saturated heterocycles. The number of halogens is 1. The van der Waals surface area contributed by atoms with Crippen molar-refractivity contribution in [1.29, 1.82) is 0 Å². The van der Waals surface area contributed by atoms with Crippen LogP contribution in [0.15, 0.2) is 24.3 Å². The smallest absolute Gasteiger partial charge is 0.240 e. The first kappa shape index (κ1) is 14.7. The molecule has 1 amide bonds. The zero-order valence-electron chi connectivity index (χ0n) is 11.8. The number of carbonyl (C=O) groups excluding carboxylic acids is 2. The van der Waals surface area contributed by atoms with Crippen molar-refractivity contribution in [1.82, 2.24) is 10.2 Å². The summed E-state index contributed by atoms with van der Waals surface area (Å²) in [4.78, 5) is 25.8. The molecule has 0 spiro atoms. The number of nitrogens with one attached hydrogen (secondary N) is 1. The molecule has 2 rings (SSSR count). The van der Waals surface area contributed by atoms with Crippen molar-refractivity contribution in [3.63, 3.8) is 0 Å². The highest BCUT2D eigenvalue weighted by Gasteiger charge is 2.38. The molecule has 5 heteroatoms. The first-order chi connectivity index (χ1) is 9.39. The normalized spacial score (nSPS) is 18.6. The van der Waals surface area contributed by atoms with Crippen LogP contribution >= 0.6 is 0 Å². The molecule has 0 aliphatic carbocycles. The maximum atomic E-state index is 12.8. The van der Waals surface area contributed by atoms with Crippen LogP contribution < -0.4 is 5.32 Å². The molecule has 0 unspecified atom stereocenters. The fraction of sp³-hybridized carbons (Fsp3) is 0.467. The number of hydrogen-bond acceptors (Lipinski definition) is 3. The van der Waals surface area contributed by atoms with E-state index >= 15 is 0 Å². The van der Waals surface area contributed by atoms with Crippen molar-refractivity contribution in [2.75, 3.05) is 19.6 Å². The van der Waals surface area contributed by atoms with Crippen molar-refractivity contribution >= 4 is 11.7 Å². The second-order valence-electron chi connectivity index (χ2n) is 5.58. The predicted octanol–water partition coefficient (Wildman–Crippen LogP) is 1.15. The van der Waals surface area contributed by atoms with E-state index in [1.54, 1.807) is 12.1 Å². The third-order valence-corrected chi connectivity index (χ3v) is 3.70. The molecule has 1 aromatic carbocycles. The molecule has 1 fully saturated rings. The SMILES string of the molecule is CC1(C)C(=O)NCCN1CC(=O)Cc1ccc(F)cc1. The van der Waals surface area contributed by atoms with Gasteiger partial charge in [0, 0.05) is 19.5 Å². The minimum absolute atomic E-state index is 0.0272. The monoisotopic (exact) mass is 278 g/mol. The fourth-order valence-electron chi connectivity index (χ4n) is 2.32. The van der Waals surface area contributed by atoms with Gasteiger partial charge in [0.05, 0.1) is 12.1 Å². The number of benzene rings is 1. The average molecular weight is 278 g/mol. The van der Waals surface area contributed by atoms with Gasteiger partial charge >= 0.3 is 0 Å². The van der Waals surface area contributed by atoms with E-state index in [-0.39, 0.29) is 30.5 Å². The standard InChI is InChI=1S/C15H19FN2O2/c1-15(2)14(20)17-7-8-18(15)10-13(19)9-11-3-5-12(16)6-4-11/h3-6H,7-10H2,1-2H3,(H,17,20). The van der Waals surface area contributed by atoms with Gasteiger partial charge in [-0.15, -0.1) is 0 Å². The topological polar surface area (TPSA) is 49.4 Å². The largest absolute Gasteiger partial charge is 0.353 e. The Balaban J connectivity index is 1.97. The number of nitrogens with zero attached hydrogens (tertiary/aromatic N) is 1. The lowest BCUT2D eigenvalue weighted by atomic mass is 9.98.